The second-order valence-electron chi connectivity index (χ2n) is 6.98. The molecule has 0 bridgehead atoms. The third-order valence-electron chi connectivity index (χ3n) is 5.21. The van der Waals surface area contributed by atoms with Crippen molar-refractivity contribution in [2.45, 2.75) is 38.7 Å². The van der Waals surface area contributed by atoms with Gasteiger partial charge in [-0.2, -0.15) is 0 Å². The number of ether oxygens (including phenoxy) is 1. The van der Waals surface area contributed by atoms with Crippen LogP contribution in [0.15, 0.2) is 12.4 Å². The molecule has 1 aromatic heterocycles. The Hall–Kier alpha value is -1.89. The van der Waals surface area contributed by atoms with Gasteiger partial charge in [0.2, 0.25) is 5.95 Å². The zero-order valence-electron chi connectivity index (χ0n) is 14.5. The van der Waals surface area contributed by atoms with Crippen LogP contribution in [0.3, 0.4) is 0 Å². The van der Waals surface area contributed by atoms with Crippen molar-refractivity contribution in [1.82, 2.24) is 20.6 Å². The number of nitrogens with one attached hydrogen (secondary N) is 2. The largest absolute Gasteiger partial charge is 0.376 e. The van der Waals surface area contributed by atoms with Crippen LogP contribution < -0.4 is 15.5 Å². The van der Waals surface area contributed by atoms with Crippen molar-refractivity contribution < 1.29 is 9.53 Å². The van der Waals surface area contributed by atoms with E-state index < -0.39 is 0 Å². The first-order valence-electron chi connectivity index (χ1n) is 8.71. The fourth-order valence-corrected chi connectivity index (χ4v) is 3.50. The Balaban J connectivity index is 1.46. The van der Waals surface area contributed by atoms with Gasteiger partial charge in [-0.05, 0) is 43.6 Å². The Morgan fingerprint density at radius 3 is 2.62 bits per heavy atom. The van der Waals surface area contributed by atoms with E-state index in [2.05, 4.69) is 25.5 Å². The highest BCUT2D eigenvalue weighted by Crippen LogP contribution is 2.40. The summed E-state index contributed by atoms with van der Waals surface area (Å²) in [5.74, 6) is 0.833. The number of anilines is 1. The fourth-order valence-electron chi connectivity index (χ4n) is 3.50. The van der Waals surface area contributed by atoms with Gasteiger partial charge in [0, 0.05) is 39.1 Å². The number of aromatic nitrogens is 2. The molecule has 1 unspecified atom stereocenters. The van der Waals surface area contributed by atoms with Crippen molar-refractivity contribution >= 4 is 12.0 Å². The van der Waals surface area contributed by atoms with Gasteiger partial charge in [0.1, 0.15) is 0 Å². The average molecular weight is 333 g/mol. The Kier molecular flexibility index (Phi) is 5.18. The molecule has 0 radical (unpaired) electrons. The third kappa shape index (κ3) is 3.95. The highest BCUT2D eigenvalue weighted by atomic mass is 16.5. The minimum atomic E-state index is -0.148. The van der Waals surface area contributed by atoms with Gasteiger partial charge in [-0.3, -0.25) is 0 Å². The van der Waals surface area contributed by atoms with Crippen LogP contribution in [-0.2, 0) is 4.74 Å². The smallest absolute Gasteiger partial charge is 0.314 e. The zero-order chi connectivity index (χ0) is 17.0. The number of hydrogen-bond acceptors (Lipinski definition) is 5. The molecule has 1 aromatic rings. The van der Waals surface area contributed by atoms with Gasteiger partial charge < -0.3 is 20.3 Å². The fraction of sp³-hybridized carbons (Fsp3) is 0.706. The maximum absolute atomic E-state index is 11.2. The standard InChI is InChI=1S/C17H27N5O2/c1-13-9-19-15(20-10-13)22-7-5-17(6-8-22)4-3-14(24-12-17)11-21-16(23)18-2/h9-10,14H,3-8,11-12H2,1-2H3,(H2,18,21,23). The van der Waals surface area contributed by atoms with E-state index in [0.29, 0.717) is 6.54 Å². The molecule has 2 N–H and O–H groups in total. The summed E-state index contributed by atoms with van der Waals surface area (Å²) < 4.78 is 6.03. The second-order valence-corrected chi connectivity index (χ2v) is 6.98. The summed E-state index contributed by atoms with van der Waals surface area (Å²) in [7, 11) is 1.62. The molecule has 2 aliphatic heterocycles. The molecule has 2 amide bonds. The predicted octanol–water partition coefficient (Wildman–Crippen LogP) is 1.48. The van der Waals surface area contributed by atoms with Crippen molar-refractivity contribution in [2.75, 3.05) is 38.2 Å². The summed E-state index contributed by atoms with van der Waals surface area (Å²) in [6.45, 7) is 5.33. The Morgan fingerprint density at radius 2 is 2.04 bits per heavy atom. The van der Waals surface area contributed by atoms with Crippen molar-refractivity contribution in [2.24, 2.45) is 5.41 Å². The van der Waals surface area contributed by atoms with Crippen molar-refractivity contribution in [3.05, 3.63) is 18.0 Å². The SMILES string of the molecule is CNC(=O)NCC1CCC2(CCN(c3ncc(C)cn3)CC2)CO1. The lowest BCUT2D eigenvalue weighted by molar-refractivity contribution is -0.0697. The lowest BCUT2D eigenvalue weighted by Crippen LogP contribution is -2.48. The molecule has 24 heavy (non-hydrogen) atoms. The lowest BCUT2D eigenvalue weighted by Gasteiger charge is -2.45. The minimum absolute atomic E-state index is 0.131. The molecule has 3 heterocycles. The number of hydrogen-bond donors (Lipinski definition) is 2. The topological polar surface area (TPSA) is 79.4 Å². The molecule has 0 aliphatic carbocycles. The third-order valence-corrected chi connectivity index (χ3v) is 5.21. The van der Waals surface area contributed by atoms with E-state index in [1.165, 1.54) is 0 Å². The van der Waals surface area contributed by atoms with Gasteiger partial charge in [-0.1, -0.05) is 0 Å². The van der Waals surface area contributed by atoms with Crippen LogP contribution >= 0.6 is 0 Å². The summed E-state index contributed by atoms with van der Waals surface area (Å²) in [5, 5.41) is 5.39. The van der Waals surface area contributed by atoms with Gasteiger partial charge >= 0.3 is 6.03 Å². The molecule has 0 aromatic carbocycles. The number of rotatable bonds is 3. The van der Waals surface area contributed by atoms with Crippen LogP contribution in [0.1, 0.15) is 31.2 Å². The van der Waals surface area contributed by atoms with E-state index in [1.807, 2.05) is 19.3 Å². The molecule has 3 rings (SSSR count). The van der Waals surface area contributed by atoms with Crippen LogP contribution in [0.2, 0.25) is 0 Å². The molecule has 2 saturated heterocycles. The van der Waals surface area contributed by atoms with E-state index in [4.69, 9.17) is 4.74 Å². The average Bonchev–Trinajstić information content (AvgIpc) is 2.62. The Labute approximate surface area is 143 Å². The van der Waals surface area contributed by atoms with E-state index >= 15 is 0 Å². The number of carbonyl (C=O) groups is 1. The monoisotopic (exact) mass is 333 g/mol. The Bertz CT molecular complexity index is 545. The molecule has 7 heteroatoms. The highest BCUT2D eigenvalue weighted by Gasteiger charge is 2.39. The van der Waals surface area contributed by atoms with Crippen molar-refractivity contribution in [1.29, 1.82) is 0 Å². The maximum atomic E-state index is 11.2. The molecule has 1 atom stereocenters. The van der Waals surface area contributed by atoms with Gasteiger partial charge in [-0.25, -0.2) is 14.8 Å². The molecule has 0 saturated carbocycles. The van der Waals surface area contributed by atoms with Gasteiger partial charge in [0.15, 0.2) is 0 Å². The van der Waals surface area contributed by atoms with E-state index in [1.54, 1.807) is 7.05 Å². The molecular formula is C17H27N5O2. The Morgan fingerprint density at radius 1 is 1.33 bits per heavy atom. The zero-order valence-corrected chi connectivity index (χ0v) is 14.5. The first-order chi connectivity index (χ1) is 11.6. The summed E-state index contributed by atoms with van der Waals surface area (Å²) in [6.07, 6.45) is 8.27. The maximum Gasteiger partial charge on any atom is 0.314 e. The number of piperidine rings is 1. The van der Waals surface area contributed by atoms with E-state index in [0.717, 1.165) is 56.9 Å². The van der Waals surface area contributed by atoms with Crippen LogP contribution in [0, 0.1) is 12.3 Å². The molecular weight excluding hydrogens is 306 g/mol. The number of amides is 2. The lowest BCUT2D eigenvalue weighted by atomic mass is 9.73. The predicted molar refractivity (Wildman–Crippen MR) is 92.1 cm³/mol. The van der Waals surface area contributed by atoms with Crippen molar-refractivity contribution in [3.8, 4) is 0 Å². The summed E-state index contributed by atoms with van der Waals surface area (Å²) in [4.78, 5) is 22.4. The van der Waals surface area contributed by atoms with Crippen LogP contribution in [-0.4, -0.2) is 55.4 Å². The van der Waals surface area contributed by atoms with Gasteiger partial charge in [0.25, 0.3) is 0 Å². The molecule has 7 nitrogen and oxygen atoms in total. The number of carbonyl (C=O) groups excluding carboxylic acids is 1. The summed E-state index contributed by atoms with van der Waals surface area (Å²) >= 11 is 0. The van der Waals surface area contributed by atoms with Crippen LogP contribution in [0.25, 0.3) is 0 Å². The molecule has 2 aliphatic rings. The van der Waals surface area contributed by atoms with E-state index in [-0.39, 0.29) is 17.6 Å². The highest BCUT2D eigenvalue weighted by molar-refractivity contribution is 5.73. The quantitative estimate of drug-likeness (QED) is 0.876. The van der Waals surface area contributed by atoms with Crippen LogP contribution in [0.4, 0.5) is 10.7 Å². The number of aryl methyl sites for hydroxylation is 1. The number of nitrogens with zero attached hydrogens (tertiary/aromatic N) is 3. The van der Waals surface area contributed by atoms with Gasteiger partial charge in [0.05, 0.1) is 12.7 Å². The van der Waals surface area contributed by atoms with Crippen molar-refractivity contribution in [3.63, 3.8) is 0 Å². The summed E-state index contributed by atoms with van der Waals surface area (Å²) in [6, 6.07) is -0.148. The van der Waals surface area contributed by atoms with E-state index in [9.17, 15) is 4.79 Å². The normalized spacial score (nSPS) is 23.1. The van der Waals surface area contributed by atoms with Crippen LogP contribution in [0.5, 0.6) is 0 Å². The minimum Gasteiger partial charge on any atom is -0.376 e. The second kappa shape index (κ2) is 7.34. The summed E-state index contributed by atoms with van der Waals surface area (Å²) in [5.41, 5.74) is 1.37. The van der Waals surface area contributed by atoms with Gasteiger partial charge in [-0.15, -0.1) is 0 Å². The molecule has 2 fully saturated rings. The first kappa shape index (κ1) is 17.0. The molecule has 132 valence electrons. The number of urea groups is 1. The molecule has 1 spiro atoms. The first-order valence-corrected chi connectivity index (χ1v) is 8.71.